The van der Waals surface area contributed by atoms with Crippen molar-refractivity contribution >= 4 is 28.7 Å². The van der Waals surface area contributed by atoms with Crippen molar-refractivity contribution in [3.05, 3.63) is 21.3 Å². The molecule has 1 saturated heterocycles. The summed E-state index contributed by atoms with van der Waals surface area (Å²) < 4.78 is 6.16. The van der Waals surface area contributed by atoms with Crippen LogP contribution >= 0.6 is 22.9 Å². The first-order valence-corrected chi connectivity index (χ1v) is 6.05. The molecule has 0 bridgehead atoms. The van der Waals surface area contributed by atoms with E-state index in [1.54, 1.807) is 12.1 Å². The molecule has 82 valence electrons. The van der Waals surface area contributed by atoms with Crippen molar-refractivity contribution in [2.24, 2.45) is 5.73 Å². The summed E-state index contributed by atoms with van der Waals surface area (Å²) in [7, 11) is 0. The Morgan fingerprint density at radius 1 is 1.60 bits per heavy atom. The summed E-state index contributed by atoms with van der Waals surface area (Å²) in [6.45, 7) is 0.481. The highest BCUT2D eigenvalue weighted by atomic mass is 35.5. The van der Waals surface area contributed by atoms with E-state index in [1.165, 1.54) is 11.3 Å². The molecule has 0 aliphatic carbocycles. The predicted molar refractivity (Wildman–Crippen MR) is 60.6 cm³/mol. The van der Waals surface area contributed by atoms with Crippen molar-refractivity contribution in [2.75, 3.05) is 6.54 Å². The monoisotopic (exact) mass is 245 g/mol. The summed E-state index contributed by atoms with van der Waals surface area (Å²) in [5.74, 6) is 0.0304. The molecule has 0 aromatic carbocycles. The molecule has 3 nitrogen and oxygen atoms in total. The normalized spacial score (nSPS) is 25.7. The summed E-state index contributed by atoms with van der Waals surface area (Å²) in [4.78, 5) is 12.6. The number of ether oxygens (including phenoxy) is 1. The van der Waals surface area contributed by atoms with Gasteiger partial charge in [0.05, 0.1) is 15.3 Å². The van der Waals surface area contributed by atoms with Gasteiger partial charge in [-0.3, -0.25) is 4.79 Å². The lowest BCUT2D eigenvalue weighted by Gasteiger charge is -2.09. The highest BCUT2D eigenvalue weighted by Gasteiger charge is 2.31. The quantitative estimate of drug-likeness (QED) is 0.830. The van der Waals surface area contributed by atoms with Crippen LogP contribution in [0.1, 0.15) is 22.5 Å². The Bertz CT molecular complexity index is 366. The van der Waals surface area contributed by atoms with Crippen LogP contribution in [0.5, 0.6) is 0 Å². The number of carbonyl (C=O) groups is 1. The van der Waals surface area contributed by atoms with Gasteiger partial charge in [0.1, 0.15) is 6.10 Å². The largest absolute Gasteiger partial charge is 0.365 e. The van der Waals surface area contributed by atoms with Crippen LogP contribution in [0, 0.1) is 0 Å². The van der Waals surface area contributed by atoms with Crippen molar-refractivity contribution in [3.63, 3.8) is 0 Å². The minimum absolute atomic E-state index is 0.0304. The van der Waals surface area contributed by atoms with Crippen LogP contribution in [0.15, 0.2) is 12.1 Å². The molecular weight excluding hydrogens is 234 g/mol. The Morgan fingerprint density at radius 3 is 2.93 bits per heavy atom. The third-order valence-corrected chi connectivity index (χ3v) is 3.72. The molecular formula is C10H12ClNO2S. The molecule has 1 aromatic heterocycles. The smallest absolute Gasteiger partial charge is 0.201 e. The van der Waals surface area contributed by atoms with Crippen molar-refractivity contribution in [2.45, 2.75) is 25.0 Å². The van der Waals surface area contributed by atoms with Gasteiger partial charge in [0.2, 0.25) is 5.78 Å². The molecule has 5 heteroatoms. The summed E-state index contributed by atoms with van der Waals surface area (Å²) in [6, 6.07) is 3.48. The molecule has 2 atom stereocenters. The van der Waals surface area contributed by atoms with E-state index in [9.17, 15) is 4.79 Å². The Labute approximate surface area is 97.2 Å². The number of thiophene rings is 1. The van der Waals surface area contributed by atoms with Gasteiger partial charge in [-0.15, -0.1) is 11.3 Å². The van der Waals surface area contributed by atoms with Gasteiger partial charge in [0.15, 0.2) is 0 Å². The third-order valence-electron chi connectivity index (χ3n) is 2.48. The van der Waals surface area contributed by atoms with Crippen LogP contribution in [-0.4, -0.2) is 24.5 Å². The molecule has 2 heterocycles. The zero-order valence-electron chi connectivity index (χ0n) is 8.11. The van der Waals surface area contributed by atoms with Gasteiger partial charge in [0, 0.05) is 6.54 Å². The molecule has 0 amide bonds. The fourth-order valence-corrected chi connectivity index (χ4v) is 2.70. The summed E-state index contributed by atoms with van der Waals surface area (Å²) in [5, 5.41) is 0. The minimum atomic E-state index is -0.326. The summed E-state index contributed by atoms with van der Waals surface area (Å²) in [5.41, 5.74) is 5.48. The number of hydrogen-bond donors (Lipinski definition) is 1. The maximum Gasteiger partial charge on any atom is 0.201 e. The maximum absolute atomic E-state index is 11.9. The average molecular weight is 246 g/mol. The van der Waals surface area contributed by atoms with E-state index in [0.29, 0.717) is 15.8 Å². The van der Waals surface area contributed by atoms with Gasteiger partial charge in [-0.2, -0.15) is 0 Å². The number of carbonyl (C=O) groups excluding carboxylic acids is 1. The average Bonchev–Trinajstić information content (AvgIpc) is 2.84. The first-order chi connectivity index (χ1) is 7.20. The van der Waals surface area contributed by atoms with Gasteiger partial charge in [-0.25, -0.2) is 0 Å². The lowest BCUT2D eigenvalue weighted by molar-refractivity contribution is 0.0407. The molecule has 0 radical (unpaired) electrons. The number of hydrogen-bond acceptors (Lipinski definition) is 4. The predicted octanol–water partition coefficient (Wildman–Crippen LogP) is 2.09. The topological polar surface area (TPSA) is 52.3 Å². The van der Waals surface area contributed by atoms with Gasteiger partial charge >= 0.3 is 0 Å². The zero-order chi connectivity index (χ0) is 10.8. The fourth-order valence-electron chi connectivity index (χ4n) is 1.68. The van der Waals surface area contributed by atoms with E-state index in [2.05, 4.69) is 0 Å². The zero-order valence-corrected chi connectivity index (χ0v) is 9.68. The summed E-state index contributed by atoms with van der Waals surface area (Å²) >= 11 is 7.07. The Hall–Kier alpha value is -0.420. The van der Waals surface area contributed by atoms with Crippen LogP contribution in [0.4, 0.5) is 0 Å². The second kappa shape index (κ2) is 4.61. The Balaban J connectivity index is 2.03. The van der Waals surface area contributed by atoms with Gasteiger partial charge < -0.3 is 10.5 Å². The van der Waals surface area contributed by atoms with Crippen molar-refractivity contribution < 1.29 is 9.53 Å². The van der Waals surface area contributed by atoms with Crippen molar-refractivity contribution in [3.8, 4) is 0 Å². The molecule has 2 unspecified atom stereocenters. The molecule has 1 aliphatic rings. The van der Waals surface area contributed by atoms with Crippen LogP contribution < -0.4 is 5.73 Å². The van der Waals surface area contributed by atoms with E-state index in [0.717, 1.165) is 12.8 Å². The maximum atomic E-state index is 11.9. The minimum Gasteiger partial charge on any atom is -0.365 e. The number of nitrogens with two attached hydrogens (primary N) is 1. The highest BCUT2D eigenvalue weighted by Crippen LogP contribution is 2.27. The first-order valence-electron chi connectivity index (χ1n) is 4.86. The van der Waals surface area contributed by atoms with Gasteiger partial charge in [0.25, 0.3) is 0 Å². The first kappa shape index (κ1) is 11.1. The molecule has 15 heavy (non-hydrogen) atoms. The van der Waals surface area contributed by atoms with E-state index < -0.39 is 0 Å². The van der Waals surface area contributed by atoms with E-state index in [1.807, 2.05) is 0 Å². The van der Waals surface area contributed by atoms with Crippen molar-refractivity contribution in [1.82, 2.24) is 0 Å². The van der Waals surface area contributed by atoms with E-state index in [-0.39, 0.29) is 18.0 Å². The summed E-state index contributed by atoms with van der Waals surface area (Å²) in [6.07, 6.45) is 1.34. The SMILES string of the molecule is NCC1CCC(C(=O)c2ccc(Cl)s2)O1. The standard InChI is InChI=1S/C10H12ClNO2S/c11-9-4-3-8(15-9)10(13)7-2-1-6(5-12)14-7/h3-4,6-7H,1-2,5,12H2. The third kappa shape index (κ3) is 2.39. The fraction of sp³-hybridized carbons (Fsp3) is 0.500. The van der Waals surface area contributed by atoms with Crippen LogP contribution in [0.2, 0.25) is 4.34 Å². The van der Waals surface area contributed by atoms with Crippen LogP contribution in [-0.2, 0) is 4.74 Å². The molecule has 0 spiro atoms. The second-order valence-corrected chi connectivity index (χ2v) is 5.24. The molecule has 2 rings (SSSR count). The van der Waals surface area contributed by atoms with E-state index >= 15 is 0 Å². The van der Waals surface area contributed by atoms with Crippen LogP contribution in [0.3, 0.4) is 0 Å². The van der Waals surface area contributed by atoms with Gasteiger partial charge in [-0.05, 0) is 25.0 Å². The highest BCUT2D eigenvalue weighted by molar-refractivity contribution is 7.18. The second-order valence-electron chi connectivity index (χ2n) is 3.53. The van der Waals surface area contributed by atoms with Crippen LogP contribution in [0.25, 0.3) is 0 Å². The number of ketones is 1. The molecule has 0 saturated carbocycles. The number of Topliss-reactive ketones (excluding diaryl/α,β-unsaturated/α-hetero) is 1. The Morgan fingerprint density at radius 2 is 2.40 bits per heavy atom. The molecule has 1 aromatic rings. The molecule has 1 aliphatic heterocycles. The Kier molecular flexibility index (Phi) is 3.41. The molecule has 2 N–H and O–H groups in total. The lowest BCUT2D eigenvalue weighted by Crippen LogP contribution is -2.24. The lowest BCUT2D eigenvalue weighted by atomic mass is 10.1. The van der Waals surface area contributed by atoms with E-state index in [4.69, 9.17) is 22.1 Å². The van der Waals surface area contributed by atoms with Gasteiger partial charge in [-0.1, -0.05) is 11.6 Å². The molecule has 1 fully saturated rings. The van der Waals surface area contributed by atoms with Crippen molar-refractivity contribution in [1.29, 1.82) is 0 Å². The number of halogens is 1. The number of rotatable bonds is 3.